The molecular weight excluding hydrogens is 230 g/mol. The Hall–Kier alpha value is -1.16. The van der Waals surface area contributed by atoms with Gasteiger partial charge in [0.2, 0.25) is 0 Å². The SMILES string of the molecule is CSCCCN=C(N)Nc1cc(C)cc(C)c1. The van der Waals surface area contributed by atoms with Crippen LogP contribution in [0.2, 0.25) is 0 Å². The van der Waals surface area contributed by atoms with E-state index < -0.39 is 0 Å². The Kier molecular flexibility index (Phi) is 5.91. The molecule has 3 nitrogen and oxygen atoms in total. The van der Waals surface area contributed by atoms with Gasteiger partial charge in [0, 0.05) is 12.2 Å². The molecule has 0 atom stereocenters. The maximum atomic E-state index is 5.82. The second kappa shape index (κ2) is 7.22. The number of aliphatic imine (C=N–C) groups is 1. The molecule has 0 aliphatic carbocycles. The number of aryl methyl sites for hydroxylation is 2. The summed E-state index contributed by atoms with van der Waals surface area (Å²) in [4.78, 5) is 4.29. The third-order valence-electron chi connectivity index (χ3n) is 2.28. The fourth-order valence-corrected chi connectivity index (χ4v) is 2.06. The van der Waals surface area contributed by atoms with Gasteiger partial charge in [0.05, 0.1) is 0 Å². The van der Waals surface area contributed by atoms with Gasteiger partial charge in [-0.15, -0.1) is 0 Å². The number of thioether (sulfide) groups is 1. The van der Waals surface area contributed by atoms with E-state index in [0.717, 1.165) is 24.4 Å². The van der Waals surface area contributed by atoms with Crippen molar-refractivity contribution in [3.05, 3.63) is 29.3 Å². The van der Waals surface area contributed by atoms with Crippen LogP contribution in [0, 0.1) is 13.8 Å². The smallest absolute Gasteiger partial charge is 0.193 e. The lowest BCUT2D eigenvalue weighted by atomic mass is 10.1. The Bertz CT molecular complexity index is 368. The molecule has 0 aromatic heterocycles. The molecule has 17 heavy (non-hydrogen) atoms. The number of rotatable bonds is 5. The van der Waals surface area contributed by atoms with Crippen LogP contribution >= 0.6 is 11.8 Å². The van der Waals surface area contributed by atoms with Gasteiger partial charge in [-0.2, -0.15) is 11.8 Å². The third kappa shape index (κ3) is 5.63. The number of nitrogens with one attached hydrogen (secondary N) is 1. The summed E-state index contributed by atoms with van der Waals surface area (Å²) in [6.45, 7) is 4.93. The van der Waals surface area contributed by atoms with Crippen LogP contribution in [0.4, 0.5) is 5.69 Å². The molecule has 0 radical (unpaired) electrons. The predicted octanol–water partition coefficient (Wildman–Crippen LogP) is 2.78. The third-order valence-corrected chi connectivity index (χ3v) is 2.98. The summed E-state index contributed by atoms with van der Waals surface area (Å²) in [5, 5.41) is 3.12. The van der Waals surface area contributed by atoms with Crippen LogP contribution in [0.3, 0.4) is 0 Å². The van der Waals surface area contributed by atoms with Crippen molar-refractivity contribution in [2.24, 2.45) is 10.7 Å². The highest BCUT2D eigenvalue weighted by atomic mass is 32.2. The minimum Gasteiger partial charge on any atom is -0.370 e. The Morgan fingerprint density at radius 3 is 2.53 bits per heavy atom. The Balaban J connectivity index is 2.52. The molecule has 0 spiro atoms. The summed E-state index contributed by atoms with van der Waals surface area (Å²) in [5.41, 5.74) is 9.28. The first kappa shape index (κ1) is 13.9. The highest BCUT2D eigenvalue weighted by Gasteiger charge is 1.97. The van der Waals surface area contributed by atoms with Gasteiger partial charge < -0.3 is 11.1 Å². The summed E-state index contributed by atoms with van der Waals surface area (Å²) < 4.78 is 0. The minimum atomic E-state index is 0.496. The maximum absolute atomic E-state index is 5.82. The lowest BCUT2D eigenvalue weighted by molar-refractivity contribution is 0.941. The van der Waals surface area contributed by atoms with E-state index in [4.69, 9.17) is 5.73 Å². The molecule has 1 aromatic rings. The zero-order valence-corrected chi connectivity index (χ0v) is 11.6. The van der Waals surface area contributed by atoms with Crippen molar-refractivity contribution in [2.75, 3.05) is 23.9 Å². The molecule has 1 rings (SSSR count). The standard InChI is InChI=1S/C13H21N3S/c1-10-7-11(2)9-12(8-10)16-13(14)15-5-4-6-17-3/h7-9H,4-6H2,1-3H3,(H3,14,15,16). The highest BCUT2D eigenvalue weighted by Crippen LogP contribution is 2.13. The van der Waals surface area contributed by atoms with Crippen LogP contribution in [-0.4, -0.2) is 24.5 Å². The fraction of sp³-hybridized carbons (Fsp3) is 0.462. The average Bonchev–Trinajstić information content (AvgIpc) is 2.23. The Morgan fingerprint density at radius 2 is 1.94 bits per heavy atom. The number of nitrogens with zero attached hydrogens (tertiary/aromatic N) is 1. The van der Waals surface area contributed by atoms with Gasteiger partial charge in [-0.05, 0) is 55.5 Å². The van der Waals surface area contributed by atoms with Gasteiger partial charge in [0.15, 0.2) is 5.96 Å². The summed E-state index contributed by atoms with van der Waals surface area (Å²) in [6.07, 6.45) is 3.16. The fourth-order valence-electron chi connectivity index (χ4n) is 1.64. The summed E-state index contributed by atoms with van der Waals surface area (Å²) >= 11 is 1.83. The van der Waals surface area contributed by atoms with E-state index in [1.54, 1.807) is 0 Å². The van der Waals surface area contributed by atoms with Crippen molar-refractivity contribution in [3.8, 4) is 0 Å². The van der Waals surface area contributed by atoms with Gasteiger partial charge in [0.1, 0.15) is 0 Å². The molecule has 0 amide bonds. The topological polar surface area (TPSA) is 50.4 Å². The van der Waals surface area contributed by atoms with E-state index in [-0.39, 0.29) is 0 Å². The largest absolute Gasteiger partial charge is 0.370 e. The molecule has 1 aromatic carbocycles. The van der Waals surface area contributed by atoms with Gasteiger partial charge in [-0.1, -0.05) is 6.07 Å². The van der Waals surface area contributed by atoms with Crippen LogP contribution in [0.15, 0.2) is 23.2 Å². The molecule has 0 fully saturated rings. The quantitative estimate of drug-likeness (QED) is 0.480. The molecule has 0 bridgehead atoms. The Labute approximate surface area is 108 Å². The number of hydrogen-bond acceptors (Lipinski definition) is 2. The molecule has 0 saturated heterocycles. The van der Waals surface area contributed by atoms with E-state index in [2.05, 4.69) is 48.6 Å². The molecule has 0 aliphatic heterocycles. The van der Waals surface area contributed by atoms with E-state index in [1.807, 2.05) is 11.8 Å². The van der Waals surface area contributed by atoms with Crippen molar-refractivity contribution in [1.29, 1.82) is 0 Å². The second-order valence-electron chi connectivity index (χ2n) is 4.11. The molecular formula is C13H21N3S. The van der Waals surface area contributed by atoms with E-state index in [9.17, 15) is 0 Å². The monoisotopic (exact) mass is 251 g/mol. The van der Waals surface area contributed by atoms with Crippen molar-refractivity contribution >= 4 is 23.4 Å². The van der Waals surface area contributed by atoms with Crippen LogP contribution in [-0.2, 0) is 0 Å². The van der Waals surface area contributed by atoms with Crippen LogP contribution < -0.4 is 11.1 Å². The number of anilines is 1. The number of guanidine groups is 1. The van der Waals surface area contributed by atoms with Crippen molar-refractivity contribution in [1.82, 2.24) is 0 Å². The van der Waals surface area contributed by atoms with E-state index in [1.165, 1.54) is 11.1 Å². The summed E-state index contributed by atoms with van der Waals surface area (Å²) in [5.74, 6) is 1.62. The molecule has 4 heteroatoms. The van der Waals surface area contributed by atoms with Gasteiger partial charge in [-0.3, -0.25) is 4.99 Å². The maximum Gasteiger partial charge on any atom is 0.193 e. The molecule has 3 N–H and O–H groups in total. The molecule has 94 valence electrons. The highest BCUT2D eigenvalue weighted by molar-refractivity contribution is 7.98. The van der Waals surface area contributed by atoms with Crippen molar-refractivity contribution < 1.29 is 0 Å². The normalized spacial score (nSPS) is 11.6. The van der Waals surface area contributed by atoms with Crippen molar-refractivity contribution in [3.63, 3.8) is 0 Å². The first-order valence-electron chi connectivity index (χ1n) is 5.76. The number of benzene rings is 1. The summed E-state index contributed by atoms with van der Waals surface area (Å²) in [6, 6.07) is 6.27. The van der Waals surface area contributed by atoms with Crippen molar-refractivity contribution in [2.45, 2.75) is 20.3 Å². The lowest BCUT2D eigenvalue weighted by Gasteiger charge is -2.07. The van der Waals surface area contributed by atoms with Crippen LogP contribution in [0.1, 0.15) is 17.5 Å². The summed E-state index contributed by atoms with van der Waals surface area (Å²) in [7, 11) is 0. The average molecular weight is 251 g/mol. The molecule has 0 heterocycles. The second-order valence-corrected chi connectivity index (χ2v) is 5.10. The van der Waals surface area contributed by atoms with Crippen LogP contribution in [0.5, 0.6) is 0 Å². The molecule has 0 saturated carbocycles. The van der Waals surface area contributed by atoms with Gasteiger partial charge in [0.25, 0.3) is 0 Å². The van der Waals surface area contributed by atoms with E-state index in [0.29, 0.717) is 5.96 Å². The minimum absolute atomic E-state index is 0.496. The number of nitrogens with two attached hydrogens (primary N) is 1. The first-order valence-corrected chi connectivity index (χ1v) is 7.15. The lowest BCUT2D eigenvalue weighted by Crippen LogP contribution is -2.23. The van der Waals surface area contributed by atoms with Crippen LogP contribution in [0.25, 0.3) is 0 Å². The van der Waals surface area contributed by atoms with Gasteiger partial charge in [-0.25, -0.2) is 0 Å². The first-order chi connectivity index (χ1) is 8.11. The zero-order chi connectivity index (χ0) is 12.7. The molecule has 0 unspecified atom stereocenters. The predicted molar refractivity (Wildman–Crippen MR) is 79.0 cm³/mol. The Morgan fingerprint density at radius 1 is 1.29 bits per heavy atom. The van der Waals surface area contributed by atoms with Gasteiger partial charge >= 0.3 is 0 Å². The zero-order valence-electron chi connectivity index (χ0n) is 10.8. The number of hydrogen-bond donors (Lipinski definition) is 2. The van der Waals surface area contributed by atoms with E-state index >= 15 is 0 Å². The molecule has 0 aliphatic rings.